The maximum atomic E-state index is 13.1. The lowest BCUT2D eigenvalue weighted by Crippen LogP contribution is -2.35. The van der Waals surface area contributed by atoms with Gasteiger partial charge in [0.05, 0.1) is 11.4 Å². The summed E-state index contributed by atoms with van der Waals surface area (Å²) in [6.07, 6.45) is 2.56. The van der Waals surface area contributed by atoms with Crippen molar-refractivity contribution in [3.05, 3.63) is 40.7 Å². The van der Waals surface area contributed by atoms with Crippen molar-refractivity contribution in [2.75, 3.05) is 13.1 Å². The van der Waals surface area contributed by atoms with Crippen molar-refractivity contribution in [2.45, 2.75) is 39.2 Å². The van der Waals surface area contributed by atoms with Gasteiger partial charge in [-0.3, -0.25) is 4.79 Å². The second-order valence-electron chi connectivity index (χ2n) is 6.67. The Labute approximate surface area is 152 Å². The zero-order chi connectivity index (χ0) is 18.0. The smallest absolute Gasteiger partial charge is 0.276 e. The van der Waals surface area contributed by atoms with Gasteiger partial charge in [-0.1, -0.05) is 36.2 Å². The average molecular weight is 362 g/mol. The van der Waals surface area contributed by atoms with Crippen LogP contribution in [0, 0.1) is 5.92 Å². The van der Waals surface area contributed by atoms with Crippen LogP contribution in [0.25, 0.3) is 5.69 Å². The lowest BCUT2D eigenvalue weighted by atomic mass is 10.1. The van der Waals surface area contributed by atoms with Gasteiger partial charge in [0.25, 0.3) is 5.91 Å². The summed E-state index contributed by atoms with van der Waals surface area (Å²) in [4.78, 5) is 14.9. The zero-order valence-corrected chi connectivity index (χ0v) is 15.4. The predicted molar refractivity (Wildman–Crippen MR) is 98.0 cm³/mol. The van der Waals surface area contributed by atoms with E-state index in [0.29, 0.717) is 29.7 Å². The first-order valence-electron chi connectivity index (χ1n) is 8.76. The number of nitrogens with zero attached hydrogens (tertiary/aromatic N) is 4. The van der Waals surface area contributed by atoms with Crippen LogP contribution < -0.4 is 5.73 Å². The SMILES string of the molecule is CCCc1c(C(=O)N2CC(CN)CC2C)nnn1-c1cccc(Cl)c1. The topological polar surface area (TPSA) is 77.0 Å². The van der Waals surface area contributed by atoms with Crippen molar-refractivity contribution in [1.82, 2.24) is 19.9 Å². The highest BCUT2D eigenvalue weighted by molar-refractivity contribution is 6.30. The van der Waals surface area contributed by atoms with E-state index in [1.807, 2.05) is 29.2 Å². The van der Waals surface area contributed by atoms with Crippen LogP contribution in [0.5, 0.6) is 0 Å². The summed E-state index contributed by atoms with van der Waals surface area (Å²) in [5, 5.41) is 9.08. The van der Waals surface area contributed by atoms with Gasteiger partial charge in [-0.05, 0) is 50.4 Å². The minimum absolute atomic E-state index is 0.0554. The summed E-state index contributed by atoms with van der Waals surface area (Å²) in [6.45, 7) is 5.43. The van der Waals surface area contributed by atoms with E-state index in [4.69, 9.17) is 17.3 Å². The molecule has 0 spiro atoms. The van der Waals surface area contributed by atoms with E-state index in [1.54, 1.807) is 4.68 Å². The number of hydrogen-bond donors (Lipinski definition) is 1. The molecule has 1 fully saturated rings. The van der Waals surface area contributed by atoms with Gasteiger partial charge in [0, 0.05) is 17.6 Å². The van der Waals surface area contributed by atoms with E-state index in [2.05, 4.69) is 24.2 Å². The molecule has 1 amide bonds. The molecule has 0 bridgehead atoms. The number of carbonyl (C=O) groups excluding carboxylic acids is 1. The Morgan fingerprint density at radius 1 is 1.44 bits per heavy atom. The van der Waals surface area contributed by atoms with Crippen LogP contribution in [0.4, 0.5) is 0 Å². The van der Waals surface area contributed by atoms with Gasteiger partial charge in [-0.25, -0.2) is 4.68 Å². The predicted octanol–water partition coefficient (Wildman–Crippen LogP) is 2.68. The molecule has 2 unspecified atom stereocenters. The highest BCUT2D eigenvalue weighted by Gasteiger charge is 2.34. The second-order valence-corrected chi connectivity index (χ2v) is 7.11. The summed E-state index contributed by atoms with van der Waals surface area (Å²) >= 11 is 6.10. The number of nitrogens with two attached hydrogens (primary N) is 1. The lowest BCUT2D eigenvalue weighted by Gasteiger charge is -2.21. The molecule has 2 atom stereocenters. The first kappa shape index (κ1) is 17.9. The van der Waals surface area contributed by atoms with E-state index in [9.17, 15) is 4.79 Å². The summed E-state index contributed by atoms with van der Waals surface area (Å²) in [7, 11) is 0. The minimum Gasteiger partial charge on any atom is -0.334 e. The maximum Gasteiger partial charge on any atom is 0.276 e. The number of hydrogen-bond acceptors (Lipinski definition) is 4. The molecule has 1 aromatic carbocycles. The lowest BCUT2D eigenvalue weighted by molar-refractivity contribution is 0.0736. The number of halogens is 1. The fraction of sp³-hybridized carbons (Fsp3) is 0.500. The monoisotopic (exact) mass is 361 g/mol. The second kappa shape index (κ2) is 7.54. The van der Waals surface area contributed by atoms with Gasteiger partial charge in [0.15, 0.2) is 5.69 Å². The molecule has 7 heteroatoms. The summed E-state index contributed by atoms with van der Waals surface area (Å²) in [5.41, 5.74) is 7.87. The molecule has 2 N–H and O–H groups in total. The molecule has 134 valence electrons. The first-order chi connectivity index (χ1) is 12.0. The molecular weight excluding hydrogens is 338 g/mol. The molecule has 2 heterocycles. The van der Waals surface area contributed by atoms with Crippen LogP contribution in [-0.2, 0) is 6.42 Å². The van der Waals surface area contributed by atoms with Crippen molar-refractivity contribution in [1.29, 1.82) is 0 Å². The zero-order valence-electron chi connectivity index (χ0n) is 14.7. The normalized spacial score (nSPS) is 20.2. The number of likely N-dealkylation sites (tertiary alicyclic amines) is 1. The van der Waals surface area contributed by atoms with E-state index < -0.39 is 0 Å². The molecule has 2 aromatic rings. The molecule has 0 radical (unpaired) electrons. The molecular formula is C18H24ClN5O. The van der Waals surface area contributed by atoms with Crippen LogP contribution >= 0.6 is 11.6 Å². The van der Waals surface area contributed by atoms with Crippen LogP contribution in [0.15, 0.2) is 24.3 Å². The van der Waals surface area contributed by atoms with Crippen molar-refractivity contribution in [2.24, 2.45) is 11.7 Å². The van der Waals surface area contributed by atoms with Crippen LogP contribution in [0.3, 0.4) is 0 Å². The summed E-state index contributed by atoms with van der Waals surface area (Å²) < 4.78 is 1.73. The van der Waals surface area contributed by atoms with Crippen molar-refractivity contribution >= 4 is 17.5 Å². The van der Waals surface area contributed by atoms with Crippen LogP contribution in [0.2, 0.25) is 5.02 Å². The Balaban J connectivity index is 1.95. The fourth-order valence-electron chi connectivity index (χ4n) is 3.48. The van der Waals surface area contributed by atoms with Crippen molar-refractivity contribution < 1.29 is 4.79 Å². The molecule has 1 saturated heterocycles. The van der Waals surface area contributed by atoms with Gasteiger partial charge >= 0.3 is 0 Å². The summed E-state index contributed by atoms with van der Waals surface area (Å²) in [6, 6.07) is 7.59. The Morgan fingerprint density at radius 2 is 2.24 bits per heavy atom. The molecule has 6 nitrogen and oxygen atoms in total. The van der Waals surface area contributed by atoms with Crippen molar-refractivity contribution in [3.63, 3.8) is 0 Å². The Kier molecular flexibility index (Phi) is 5.39. The third kappa shape index (κ3) is 3.55. The number of amides is 1. The van der Waals surface area contributed by atoms with Gasteiger partial charge in [0.2, 0.25) is 0 Å². The number of benzene rings is 1. The van der Waals surface area contributed by atoms with E-state index in [-0.39, 0.29) is 11.9 Å². The van der Waals surface area contributed by atoms with Gasteiger partial charge in [-0.15, -0.1) is 5.10 Å². The number of rotatable bonds is 5. The highest BCUT2D eigenvalue weighted by Crippen LogP contribution is 2.26. The molecule has 3 rings (SSSR count). The van der Waals surface area contributed by atoms with Gasteiger partial charge in [0.1, 0.15) is 0 Å². The molecule has 1 aliphatic rings. The highest BCUT2D eigenvalue weighted by atomic mass is 35.5. The molecule has 1 aromatic heterocycles. The number of aromatic nitrogens is 3. The molecule has 0 saturated carbocycles. The third-order valence-corrected chi connectivity index (χ3v) is 5.00. The Hall–Kier alpha value is -1.92. The van der Waals surface area contributed by atoms with E-state index in [1.165, 1.54) is 0 Å². The standard InChI is InChI=1S/C18H24ClN5O/c1-3-5-16-17(18(25)23-11-13(10-20)8-12(23)2)21-22-24(16)15-7-4-6-14(19)9-15/h4,6-7,9,12-13H,3,5,8,10-11,20H2,1-2H3. The van der Waals surface area contributed by atoms with Crippen LogP contribution in [-0.4, -0.2) is 44.9 Å². The van der Waals surface area contributed by atoms with E-state index in [0.717, 1.165) is 30.6 Å². The number of carbonyl (C=O) groups is 1. The first-order valence-corrected chi connectivity index (χ1v) is 9.14. The molecule has 1 aliphatic heterocycles. The van der Waals surface area contributed by atoms with Crippen molar-refractivity contribution in [3.8, 4) is 5.69 Å². The van der Waals surface area contributed by atoms with Gasteiger partial charge in [-0.2, -0.15) is 0 Å². The largest absolute Gasteiger partial charge is 0.334 e. The average Bonchev–Trinajstić information content (AvgIpc) is 3.18. The Morgan fingerprint density at radius 3 is 2.88 bits per heavy atom. The van der Waals surface area contributed by atoms with Gasteiger partial charge < -0.3 is 10.6 Å². The maximum absolute atomic E-state index is 13.1. The quantitative estimate of drug-likeness (QED) is 0.888. The minimum atomic E-state index is -0.0554. The third-order valence-electron chi connectivity index (χ3n) is 4.76. The Bertz CT molecular complexity index is 760. The van der Waals surface area contributed by atoms with Crippen LogP contribution in [0.1, 0.15) is 42.9 Å². The molecule has 0 aliphatic carbocycles. The summed E-state index contributed by atoms with van der Waals surface area (Å²) in [5.74, 6) is 0.303. The fourth-order valence-corrected chi connectivity index (χ4v) is 3.66. The molecule has 25 heavy (non-hydrogen) atoms. The van der Waals surface area contributed by atoms with E-state index >= 15 is 0 Å².